The number of carbonyl (C=O) groups excluding carboxylic acids is 1. The summed E-state index contributed by atoms with van der Waals surface area (Å²) in [6.45, 7) is 5.07. The zero-order valence-corrected chi connectivity index (χ0v) is 14.1. The van der Waals surface area contributed by atoms with Crippen molar-refractivity contribution in [1.82, 2.24) is 5.32 Å². The Labute approximate surface area is 137 Å². The van der Waals surface area contributed by atoms with Crippen LogP contribution in [0.3, 0.4) is 0 Å². The summed E-state index contributed by atoms with van der Waals surface area (Å²) in [5.41, 5.74) is 6.74. The average molecular weight is 335 g/mol. The average Bonchev–Trinajstić information content (AvgIpc) is 2.42. The van der Waals surface area contributed by atoms with Crippen LogP contribution in [0.15, 0.2) is 18.2 Å². The lowest BCUT2D eigenvalue weighted by molar-refractivity contribution is -0.122. The molecule has 0 radical (unpaired) electrons. The molecule has 1 unspecified atom stereocenters. The van der Waals surface area contributed by atoms with Gasteiger partial charge in [0.05, 0.1) is 12.6 Å². The summed E-state index contributed by atoms with van der Waals surface area (Å²) < 4.78 is 5.54. The SMILES string of the molecule is CCCC(N)C(=O)NCCc1cc(Cl)ccc1OCC.Cl. The van der Waals surface area contributed by atoms with Gasteiger partial charge < -0.3 is 15.8 Å². The highest BCUT2D eigenvalue weighted by atomic mass is 35.5. The van der Waals surface area contributed by atoms with Crippen LogP contribution in [-0.2, 0) is 11.2 Å². The van der Waals surface area contributed by atoms with Crippen molar-refractivity contribution in [1.29, 1.82) is 0 Å². The Balaban J connectivity index is 0.00000400. The highest BCUT2D eigenvalue weighted by Gasteiger charge is 2.12. The Hall–Kier alpha value is -0.970. The lowest BCUT2D eigenvalue weighted by Gasteiger charge is -2.13. The van der Waals surface area contributed by atoms with Crippen LogP contribution < -0.4 is 15.8 Å². The fourth-order valence-corrected chi connectivity index (χ4v) is 2.13. The first-order chi connectivity index (χ1) is 9.58. The van der Waals surface area contributed by atoms with E-state index >= 15 is 0 Å². The third-order valence-corrected chi connectivity index (χ3v) is 3.19. The molecule has 3 N–H and O–H groups in total. The van der Waals surface area contributed by atoms with Gasteiger partial charge in [-0.05, 0) is 43.5 Å². The Bertz CT molecular complexity index is 442. The van der Waals surface area contributed by atoms with Crippen LogP contribution in [0.2, 0.25) is 5.02 Å². The van der Waals surface area contributed by atoms with Crippen LogP contribution in [0.4, 0.5) is 0 Å². The quantitative estimate of drug-likeness (QED) is 0.768. The lowest BCUT2D eigenvalue weighted by atomic mass is 10.1. The maximum atomic E-state index is 11.7. The Morgan fingerprint density at radius 3 is 2.76 bits per heavy atom. The van der Waals surface area contributed by atoms with Gasteiger partial charge in [0, 0.05) is 11.6 Å². The van der Waals surface area contributed by atoms with Gasteiger partial charge in [-0.25, -0.2) is 0 Å². The van der Waals surface area contributed by atoms with Gasteiger partial charge in [0.15, 0.2) is 0 Å². The standard InChI is InChI=1S/C15H23ClN2O2.ClH/c1-3-5-13(17)15(19)18-9-8-11-10-12(16)6-7-14(11)20-4-2;/h6-7,10,13H,3-5,8-9,17H2,1-2H3,(H,18,19);1H. The number of hydrogen-bond acceptors (Lipinski definition) is 3. The fraction of sp³-hybridized carbons (Fsp3) is 0.533. The number of amides is 1. The third-order valence-electron chi connectivity index (χ3n) is 2.95. The molecule has 0 aliphatic rings. The van der Waals surface area contributed by atoms with E-state index < -0.39 is 6.04 Å². The van der Waals surface area contributed by atoms with E-state index in [0.717, 1.165) is 17.7 Å². The molecule has 1 aromatic carbocycles. The molecule has 0 saturated carbocycles. The lowest BCUT2D eigenvalue weighted by Crippen LogP contribution is -2.41. The van der Waals surface area contributed by atoms with Gasteiger partial charge in [-0.15, -0.1) is 12.4 Å². The van der Waals surface area contributed by atoms with E-state index in [1.807, 2.05) is 26.0 Å². The molecular weight excluding hydrogens is 311 g/mol. The predicted octanol–water partition coefficient (Wildman–Crippen LogP) is 2.95. The molecule has 6 heteroatoms. The first-order valence-corrected chi connectivity index (χ1v) is 7.40. The van der Waals surface area contributed by atoms with Crippen LogP contribution in [0.1, 0.15) is 32.3 Å². The number of nitrogens with one attached hydrogen (secondary N) is 1. The van der Waals surface area contributed by atoms with Crippen molar-refractivity contribution in [3.63, 3.8) is 0 Å². The first kappa shape index (κ1) is 20.0. The fourth-order valence-electron chi connectivity index (χ4n) is 1.93. The van der Waals surface area contributed by atoms with Crippen molar-refractivity contribution < 1.29 is 9.53 Å². The second kappa shape index (κ2) is 10.7. The summed E-state index contributed by atoms with van der Waals surface area (Å²) in [4.78, 5) is 11.7. The van der Waals surface area contributed by atoms with Gasteiger partial charge >= 0.3 is 0 Å². The minimum atomic E-state index is -0.425. The van der Waals surface area contributed by atoms with Crippen molar-refractivity contribution in [2.45, 2.75) is 39.2 Å². The number of nitrogens with two attached hydrogens (primary N) is 1. The smallest absolute Gasteiger partial charge is 0.236 e. The first-order valence-electron chi connectivity index (χ1n) is 7.03. The molecule has 1 rings (SSSR count). The van der Waals surface area contributed by atoms with E-state index in [0.29, 0.717) is 31.0 Å². The summed E-state index contributed by atoms with van der Waals surface area (Å²) in [5.74, 6) is 0.704. The van der Waals surface area contributed by atoms with Crippen LogP contribution >= 0.6 is 24.0 Å². The van der Waals surface area contributed by atoms with Crippen molar-refractivity contribution >= 4 is 29.9 Å². The van der Waals surface area contributed by atoms with E-state index in [1.54, 1.807) is 6.07 Å². The van der Waals surface area contributed by atoms with Gasteiger partial charge in [0.1, 0.15) is 5.75 Å². The molecule has 120 valence electrons. The number of rotatable bonds is 8. The molecule has 0 bridgehead atoms. The van der Waals surface area contributed by atoms with Crippen LogP contribution in [0.25, 0.3) is 0 Å². The number of halogens is 2. The van der Waals surface area contributed by atoms with Gasteiger partial charge in [-0.3, -0.25) is 4.79 Å². The molecule has 0 saturated heterocycles. The molecule has 0 aliphatic carbocycles. The Morgan fingerprint density at radius 1 is 1.43 bits per heavy atom. The Kier molecular flexibility index (Phi) is 10.2. The van der Waals surface area contributed by atoms with E-state index in [4.69, 9.17) is 22.1 Å². The summed E-state index contributed by atoms with van der Waals surface area (Å²) >= 11 is 5.99. The third kappa shape index (κ3) is 7.02. The van der Waals surface area contributed by atoms with E-state index in [1.165, 1.54) is 0 Å². The normalized spacial score (nSPS) is 11.4. The second-order valence-electron chi connectivity index (χ2n) is 4.62. The molecule has 1 aromatic rings. The van der Waals surface area contributed by atoms with Gasteiger partial charge in [-0.1, -0.05) is 24.9 Å². The number of hydrogen-bond donors (Lipinski definition) is 2. The van der Waals surface area contributed by atoms with Crippen molar-refractivity contribution in [2.24, 2.45) is 5.73 Å². The number of carbonyl (C=O) groups is 1. The maximum absolute atomic E-state index is 11.7. The summed E-state index contributed by atoms with van der Waals surface area (Å²) in [7, 11) is 0. The molecule has 21 heavy (non-hydrogen) atoms. The van der Waals surface area contributed by atoms with Crippen LogP contribution in [0.5, 0.6) is 5.75 Å². The topological polar surface area (TPSA) is 64.4 Å². The maximum Gasteiger partial charge on any atom is 0.236 e. The molecule has 1 amide bonds. The molecular formula is C15H24Cl2N2O2. The highest BCUT2D eigenvalue weighted by molar-refractivity contribution is 6.30. The summed E-state index contributed by atoms with van der Waals surface area (Å²) in [6, 6.07) is 5.09. The molecule has 0 aromatic heterocycles. The van der Waals surface area contributed by atoms with Crippen molar-refractivity contribution in [2.75, 3.05) is 13.2 Å². The van der Waals surface area contributed by atoms with E-state index in [2.05, 4.69) is 5.32 Å². The minimum absolute atomic E-state index is 0. The van der Waals surface area contributed by atoms with E-state index in [9.17, 15) is 4.79 Å². The monoisotopic (exact) mass is 334 g/mol. The van der Waals surface area contributed by atoms with E-state index in [-0.39, 0.29) is 18.3 Å². The Morgan fingerprint density at radius 2 is 2.14 bits per heavy atom. The molecule has 0 heterocycles. The largest absolute Gasteiger partial charge is 0.494 e. The predicted molar refractivity (Wildman–Crippen MR) is 89.5 cm³/mol. The summed E-state index contributed by atoms with van der Waals surface area (Å²) in [6.07, 6.45) is 2.27. The van der Waals surface area contributed by atoms with Crippen LogP contribution in [-0.4, -0.2) is 25.1 Å². The van der Waals surface area contributed by atoms with Crippen LogP contribution in [0, 0.1) is 0 Å². The number of benzene rings is 1. The second-order valence-corrected chi connectivity index (χ2v) is 5.06. The summed E-state index contributed by atoms with van der Waals surface area (Å²) in [5, 5.41) is 3.51. The zero-order valence-electron chi connectivity index (χ0n) is 12.5. The molecule has 0 fully saturated rings. The van der Waals surface area contributed by atoms with Gasteiger partial charge in [0.2, 0.25) is 5.91 Å². The minimum Gasteiger partial charge on any atom is -0.494 e. The molecule has 0 aliphatic heterocycles. The van der Waals surface area contributed by atoms with Gasteiger partial charge in [-0.2, -0.15) is 0 Å². The highest BCUT2D eigenvalue weighted by Crippen LogP contribution is 2.23. The zero-order chi connectivity index (χ0) is 15.0. The van der Waals surface area contributed by atoms with Gasteiger partial charge in [0.25, 0.3) is 0 Å². The van der Waals surface area contributed by atoms with Crippen molar-refractivity contribution in [3.05, 3.63) is 28.8 Å². The molecule has 1 atom stereocenters. The number of ether oxygens (including phenoxy) is 1. The molecule has 4 nitrogen and oxygen atoms in total. The van der Waals surface area contributed by atoms with Crippen molar-refractivity contribution in [3.8, 4) is 5.75 Å². The molecule has 0 spiro atoms.